The third-order valence-electron chi connectivity index (χ3n) is 2.87. The molecule has 0 radical (unpaired) electrons. The van der Waals surface area contributed by atoms with Gasteiger partial charge in [-0.1, -0.05) is 12.1 Å². The number of carbonyl (C=O) groups excluding carboxylic acids is 1. The zero-order valence-electron chi connectivity index (χ0n) is 12.1. The summed E-state index contributed by atoms with van der Waals surface area (Å²) in [6, 6.07) is 6.58. The highest BCUT2D eigenvalue weighted by Gasteiger charge is 2.12. The Morgan fingerprint density at radius 3 is 2.67 bits per heavy atom. The van der Waals surface area contributed by atoms with Gasteiger partial charge in [0.15, 0.2) is 0 Å². The molecule has 0 aliphatic rings. The van der Waals surface area contributed by atoms with Crippen LogP contribution in [-0.4, -0.2) is 37.0 Å². The maximum absolute atomic E-state index is 11.6. The molecule has 1 aromatic rings. The molecule has 0 saturated carbocycles. The Morgan fingerprint density at radius 2 is 2.05 bits per heavy atom. The van der Waals surface area contributed by atoms with E-state index in [0.717, 1.165) is 0 Å². The lowest BCUT2D eigenvalue weighted by Gasteiger charge is -2.11. The molecule has 1 atom stereocenters. The van der Waals surface area contributed by atoms with Crippen molar-refractivity contribution in [2.45, 2.75) is 19.4 Å². The first-order chi connectivity index (χ1) is 9.54. The number of likely N-dealkylation sites (N-methyl/N-ethyl adjacent to an activating group) is 1. The van der Waals surface area contributed by atoms with Crippen molar-refractivity contribution in [3.63, 3.8) is 0 Å². The summed E-state index contributed by atoms with van der Waals surface area (Å²) in [5, 5.41) is 19.5. The Bertz CT molecular complexity index is 470. The molecule has 0 aromatic heterocycles. The van der Waals surface area contributed by atoms with Crippen LogP contribution in [0.1, 0.15) is 13.3 Å². The zero-order valence-corrected chi connectivity index (χ0v) is 12.9. The van der Waals surface area contributed by atoms with Crippen LogP contribution in [0.5, 0.6) is 0 Å². The van der Waals surface area contributed by atoms with Crippen LogP contribution in [0, 0.1) is 10.1 Å². The van der Waals surface area contributed by atoms with E-state index in [1.807, 2.05) is 14.0 Å². The second-order valence-electron chi connectivity index (χ2n) is 4.44. The van der Waals surface area contributed by atoms with Crippen LogP contribution in [0.15, 0.2) is 24.3 Å². The predicted molar refractivity (Wildman–Crippen MR) is 85.0 cm³/mol. The number of nitrogens with zero attached hydrogens (tertiary/aromatic N) is 1. The number of hydrogen-bond acceptors (Lipinski definition) is 5. The standard InChI is InChI=1S/C13H20N4O3.ClH/c1-10(14-2)9-16-13(18)7-8-15-11-5-3-4-6-12(11)17(19)20;/h3-6,10,14-15H,7-9H2,1-2H3,(H,16,18);1H. The molecule has 21 heavy (non-hydrogen) atoms. The molecule has 8 heteroatoms. The second-order valence-corrected chi connectivity index (χ2v) is 4.44. The van der Waals surface area contributed by atoms with Gasteiger partial charge in [-0.25, -0.2) is 0 Å². The number of nitro benzene ring substituents is 1. The second kappa shape index (κ2) is 9.95. The van der Waals surface area contributed by atoms with Crippen LogP contribution in [-0.2, 0) is 4.79 Å². The smallest absolute Gasteiger partial charge is 0.292 e. The highest BCUT2D eigenvalue weighted by Crippen LogP contribution is 2.22. The number of benzene rings is 1. The van der Waals surface area contributed by atoms with Gasteiger partial charge < -0.3 is 16.0 Å². The van der Waals surface area contributed by atoms with Gasteiger partial charge in [0.05, 0.1) is 4.92 Å². The fourth-order valence-corrected chi connectivity index (χ4v) is 1.55. The monoisotopic (exact) mass is 316 g/mol. The molecule has 1 amide bonds. The highest BCUT2D eigenvalue weighted by atomic mass is 35.5. The Labute approximate surface area is 130 Å². The van der Waals surface area contributed by atoms with Gasteiger partial charge in [0.1, 0.15) is 5.69 Å². The summed E-state index contributed by atoms with van der Waals surface area (Å²) in [4.78, 5) is 21.9. The molecule has 3 N–H and O–H groups in total. The molecule has 0 bridgehead atoms. The van der Waals surface area contributed by atoms with E-state index in [9.17, 15) is 14.9 Å². The van der Waals surface area contributed by atoms with Crippen LogP contribution >= 0.6 is 12.4 Å². The van der Waals surface area contributed by atoms with Crippen molar-refractivity contribution in [2.75, 3.05) is 25.5 Å². The number of hydrogen-bond donors (Lipinski definition) is 3. The van der Waals surface area contributed by atoms with Gasteiger partial charge in [-0.15, -0.1) is 12.4 Å². The lowest BCUT2D eigenvalue weighted by atomic mass is 10.2. The molecule has 1 rings (SSSR count). The van der Waals surface area contributed by atoms with Crippen molar-refractivity contribution >= 4 is 29.7 Å². The van der Waals surface area contributed by atoms with Gasteiger partial charge >= 0.3 is 0 Å². The summed E-state index contributed by atoms with van der Waals surface area (Å²) in [6.45, 7) is 2.87. The Kier molecular flexibility index (Phi) is 9.07. The Morgan fingerprint density at radius 1 is 1.38 bits per heavy atom. The molecule has 0 heterocycles. The first-order valence-corrected chi connectivity index (χ1v) is 6.46. The van der Waals surface area contributed by atoms with Gasteiger partial charge in [0.25, 0.3) is 5.69 Å². The topological polar surface area (TPSA) is 96.3 Å². The molecule has 0 fully saturated rings. The third-order valence-corrected chi connectivity index (χ3v) is 2.87. The molecule has 0 saturated heterocycles. The maximum atomic E-state index is 11.6. The van der Waals surface area contributed by atoms with E-state index >= 15 is 0 Å². The number of para-hydroxylation sites is 2. The van der Waals surface area contributed by atoms with Crippen LogP contribution < -0.4 is 16.0 Å². The van der Waals surface area contributed by atoms with Gasteiger partial charge in [-0.3, -0.25) is 14.9 Å². The summed E-state index contributed by atoms with van der Waals surface area (Å²) >= 11 is 0. The Balaban J connectivity index is 0.00000400. The average molecular weight is 317 g/mol. The summed E-state index contributed by atoms with van der Waals surface area (Å²) in [7, 11) is 1.83. The molecule has 0 aliphatic heterocycles. The number of nitrogens with one attached hydrogen (secondary N) is 3. The number of halogens is 1. The molecular weight excluding hydrogens is 296 g/mol. The Hall–Kier alpha value is -1.86. The van der Waals surface area contributed by atoms with Crippen molar-refractivity contribution in [3.8, 4) is 0 Å². The molecule has 7 nitrogen and oxygen atoms in total. The van der Waals surface area contributed by atoms with Gasteiger partial charge in [0, 0.05) is 31.6 Å². The van der Waals surface area contributed by atoms with Gasteiger partial charge in [0.2, 0.25) is 5.91 Å². The minimum Gasteiger partial charge on any atom is -0.379 e. The van der Waals surface area contributed by atoms with E-state index in [-0.39, 0.29) is 36.5 Å². The van der Waals surface area contributed by atoms with Crippen molar-refractivity contribution < 1.29 is 9.72 Å². The molecule has 1 unspecified atom stereocenters. The fraction of sp³-hybridized carbons (Fsp3) is 0.462. The average Bonchev–Trinajstić information content (AvgIpc) is 2.45. The number of nitro groups is 1. The first kappa shape index (κ1) is 19.1. The van der Waals surface area contributed by atoms with E-state index < -0.39 is 4.92 Å². The summed E-state index contributed by atoms with van der Waals surface area (Å²) in [5.41, 5.74) is 0.436. The third kappa shape index (κ3) is 6.92. The van der Waals surface area contributed by atoms with Crippen molar-refractivity contribution in [1.29, 1.82) is 0 Å². The maximum Gasteiger partial charge on any atom is 0.292 e. The van der Waals surface area contributed by atoms with Crippen LogP contribution in [0.2, 0.25) is 0 Å². The van der Waals surface area contributed by atoms with Gasteiger partial charge in [-0.2, -0.15) is 0 Å². The summed E-state index contributed by atoms with van der Waals surface area (Å²) in [6.07, 6.45) is 0.266. The predicted octanol–water partition coefficient (Wildman–Crippen LogP) is 1.54. The first-order valence-electron chi connectivity index (χ1n) is 6.46. The molecule has 118 valence electrons. The van der Waals surface area contributed by atoms with Gasteiger partial charge in [-0.05, 0) is 20.0 Å². The normalized spacial score (nSPS) is 11.1. The van der Waals surface area contributed by atoms with E-state index in [0.29, 0.717) is 18.8 Å². The number of carbonyl (C=O) groups is 1. The molecule has 1 aromatic carbocycles. The summed E-state index contributed by atoms with van der Waals surface area (Å²) in [5.74, 6) is -0.0850. The van der Waals surface area contributed by atoms with Crippen molar-refractivity contribution in [2.24, 2.45) is 0 Å². The minimum absolute atomic E-state index is 0. The largest absolute Gasteiger partial charge is 0.379 e. The van der Waals surface area contributed by atoms with Crippen LogP contribution in [0.25, 0.3) is 0 Å². The molecular formula is C13H21ClN4O3. The number of amides is 1. The molecule has 0 spiro atoms. The summed E-state index contributed by atoms with van der Waals surface area (Å²) < 4.78 is 0. The van der Waals surface area contributed by atoms with E-state index in [1.54, 1.807) is 18.2 Å². The minimum atomic E-state index is -0.447. The zero-order chi connectivity index (χ0) is 15.0. The van der Waals surface area contributed by atoms with Crippen molar-refractivity contribution in [3.05, 3.63) is 34.4 Å². The fourth-order valence-electron chi connectivity index (χ4n) is 1.55. The van der Waals surface area contributed by atoms with E-state index in [4.69, 9.17) is 0 Å². The highest BCUT2D eigenvalue weighted by molar-refractivity contribution is 5.85. The lowest BCUT2D eigenvalue weighted by Crippen LogP contribution is -2.37. The quantitative estimate of drug-likeness (QED) is 0.499. The number of rotatable bonds is 8. The number of anilines is 1. The lowest BCUT2D eigenvalue weighted by molar-refractivity contribution is -0.384. The van der Waals surface area contributed by atoms with Crippen LogP contribution in [0.4, 0.5) is 11.4 Å². The molecule has 0 aliphatic carbocycles. The van der Waals surface area contributed by atoms with E-state index in [1.165, 1.54) is 6.07 Å². The van der Waals surface area contributed by atoms with E-state index in [2.05, 4.69) is 16.0 Å². The van der Waals surface area contributed by atoms with Crippen molar-refractivity contribution in [1.82, 2.24) is 10.6 Å². The SMILES string of the molecule is CNC(C)CNC(=O)CCNc1ccccc1[N+](=O)[O-].Cl. The van der Waals surface area contributed by atoms with Crippen LogP contribution in [0.3, 0.4) is 0 Å².